The molecule has 0 aliphatic heterocycles. The van der Waals surface area contributed by atoms with Gasteiger partial charge in [-0.15, -0.1) is 0 Å². The van der Waals surface area contributed by atoms with E-state index in [4.69, 9.17) is 21.1 Å². The van der Waals surface area contributed by atoms with E-state index < -0.39 is 11.0 Å². The van der Waals surface area contributed by atoms with Gasteiger partial charge in [-0.2, -0.15) is 0 Å². The minimum atomic E-state index is -0.546. The predicted octanol–water partition coefficient (Wildman–Crippen LogP) is 4.89. The molecule has 2 aromatic rings. The Morgan fingerprint density at radius 2 is 2.11 bits per heavy atom. The summed E-state index contributed by atoms with van der Waals surface area (Å²) in [5, 5.41) is 10.9. The van der Waals surface area contributed by atoms with Crippen molar-refractivity contribution in [3.8, 4) is 11.6 Å². The number of ether oxygens (including phenoxy) is 2. The molecule has 0 spiro atoms. The van der Waals surface area contributed by atoms with Gasteiger partial charge in [0.05, 0.1) is 28.2 Å². The van der Waals surface area contributed by atoms with E-state index >= 15 is 0 Å². The van der Waals surface area contributed by atoms with Gasteiger partial charge in [0.25, 0.3) is 5.69 Å². The van der Waals surface area contributed by atoms with Crippen molar-refractivity contribution in [3.05, 3.63) is 51.7 Å². The van der Waals surface area contributed by atoms with Crippen molar-refractivity contribution in [2.45, 2.75) is 20.0 Å². The maximum Gasteiger partial charge on any atom is 0.421 e. The first-order valence-corrected chi connectivity index (χ1v) is 8.86. The van der Waals surface area contributed by atoms with Gasteiger partial charge in [0.15, 0.2) is 0 Å². The lowest BCUT2D eigenvalue weighted by molar-refractivity contribution is -0.385. The van der Waals surface area contributed by atoms with Crippen LogP contribution in [0, 0.1) is 10.1 Å². The number of rotatable bonds is 7. The van der Waals surface area contributed by atoms with E-state index in [1.165, 1.54) is 16.4 Å². The molecular formula is C16H17ClN4O5S. The first kappa shape index (κ1) is 20.6. The Bertz CT molecular complexity index is 819. The normalized spacial score (nSPS) is 10.4. The monoisotopic (exact) mass is 412 g/mol. The van der Waals surface area contributed by atoms with Gasteiger partial charge >= 0.3 is 6.09 Å². The van der Waals surface area contributed by atoms with Gasteiger partial charge in [-0.05, 0) is 32.0 Å². The Hall–Kier alpha value is -2.72. The number of nitrogens with one attached hydrogen (secondary N) is 1. The number of nitro groups is 1. The standard InChI is InChI=1S/C16H17ClN4O5S/c1-10(2)25-16(22)20(3)27-19-11-4-6-14(13(17)8-11)26-15-7-5-12(9-18-15)21(23)24/h4-10,19H,1-3H3. The van der Waals surface area contributed by atoms with Gasteiger partial charge in [0.1, 0.15) is 11.9 Å². The minimum Gasteiger partial charge on any atom is -0.446 e. The number of benzene rings is 1. The van der Waals surface area contributed by atoms with Crippen LogP contribution >= 0.6 is 23.7 Å². The van der Waals surface area contributed by atoms with E-state index in [1.807, 2.05) is 0 Å². The summed E-state index contributed by atoms with van der Waals surface area (Å²) in [7, 11) is 1.57. The maximum absolute atomic E-state index is 11.7. The largest absolute Gasteiger partial charge is 0.446 e. The Kier molecular flexibility index (Phi) is 7.08. The second kappa shape index (κ2) is 9.28. The fourth-order valence-corrected chi connectivity index (χ4v) is 2.44. The van der Waals surface area contributed by atoms with Crippen LogP contribution in [0.25, 0.3) is 0 Å². The number of pyridine rings is 1. The quantitative estimate of drug-likeness (QED) is 0.389. The number of hydrogen-bond donors (Lipinski definition) is 1. The number of aromatic nitrogens is 1. The first-order chi connectivity index (χ1) is 12.8. The average Bonchev–Trinajstić information content (AvgIpc) is 2.61. The second-order valence-corrected chi connectivity index (χ2v) is 6.82. The molecular weight excluding hydrogens is 396 g/mol. The van der Waals surface area contributed by atoms with E-state index in [-0.39, 0.29) is 17.7 Å². The number of nitrogens with zero attached hydrogens (tertiary/aromatic N) is 3. The summed E-state index contributed by atoms with van der Waals surface area (Å²) < 4.78 is 14.9. The molecule has 11 heteroatoms. The molecule has 0 saturated carbocycles. The molecule has 1 aromatic carbocycles. The average molecular weight is 413 g/mol. The maximum atomic E-state index is 11.7. The van der Waals surface area contributed by atoms with Crippen LogP contribution in [0.1, 0.15) is 13.8 Å². The Labute approximate surface area is 165 Å². The molecule has 0 aliphatic carbocycles. The van der Waals surface area contributed by atoms with Gasteiger partial charge in [0, 0.05) is 24.9 Å². The summed E-state index contributed by atoms with van der Waals surface area (Å²) in [4.78, 5) is 25.7. The van der Waals surface area contributed by atoms with Gasteiger partial charge in [-0.1, -0.05) is 11.6 Å². The highest BCUT2D eigenvalue weighted by atomic mass is 35.5. The van der Waals surface area contributed by atoms with Crippen molar-refractivity contribution in [1.29, 1.82) is 0 Å². The topological polar surface area (TPSA) is 107 Å². The summed E-state index contributed by atoms with van der Waals surface area (Å²) in [6, 6.07) is 7.58. The van der Waals surface area contributed by atoms with Crippen molar-refractivity contribution >= 4 is 41.2 Å². The molecule has 0 bridgehead atoms. The SMILES string of the molecule is CC(C)OC(=O)N(C)SNc1ccc(Oc2ccc([N+](=O)[O-])cn2)c(Cl)c1. The molecule has 1 N–H and O–H groups in total. The molecule has 1 amide bonds. The number of anilines is 1. The molecule has 0 saturated heterocycles. The van der Waals surface area contributed by atoms with Gasteiger partial charge in [-0.25, -0.2) is 14.1 Å². The van der Waals surface area contributed by atoms with E-state index in [0.717, 1.165) is 18.3 Å². The lowest BCUT2D eigenvalue weighted by atomic mass is 10.3. The number of halogens is 1. The van der Waals surface area contributed by atoms with Crippen LogP contribution in [-0.4, -0.2) is 33.5 Å². The zero-order chi connectivity index (χ0) is 20.0. The Morgan fingerprint density at radius 1 is 1.37 bits per heavy atom. The molecule has 0 atom stereocenters. The molecule has 2 rings (SSSR count). The van der Waals surface area contributed by atoms with Crippen molar-refractivity contribution in [1.82, 2.24) is 9.29 Å². The van der Waals surface area contributed by atoms with E-state index in [0.29, 0.717) is 16.5 Å². The van der Waals surface area contributed by atoms with Crippen LogP contribution in [0.4, 0.5) is 16.2 Å². The Morgan fingerprint density at radius 3 is 2.67 bits per heavy atom. The number of carbonyl (C=O) groups excluding carboxylic acids is 1. The first-order valence-electron chi connectivity index (χ1n) is 7.71. The summed E-state index contributed by atoms with van der Waals surface area (Å²) in [5.41, 5.74) is 0.503. The summed E-state index contributed by atoms with van der Waals surface area (Å²) in [5.74, 6) is 0.509. The van der Waals surface area contributed by atoms with E-state index in [1.54, 1.807) is 39.1 Å². The number of amides is 1. The third-order valence-corrected chi connectivity index (χ3v) is 4.02. The predicted molar refractivity (Wildman–Crippen MR) is 103 cm³/mol. The zero-order valence-corrected chi connectivity index (χ0v) is 16.3. The third kappa shape index (κ3) is 6.19. The van der Waals surface area contributed by atoms with Gasteiger partial charge < -0.3 is 14.2 Å². The Balaban J connectivity index is 1.96. The molecule has 1 aromatic heterocycles. The van der Waals surface area contributed by atoms with Crippen LogP contribution in [0.15, 0.2) is 36.5 Å². The van der Waals surface area contributed by atoms with Crippen LogP contribution in [-0.2, 0) is 4.74 Å². The lowest BCUT2D eigenvalue weighted by Crippen LogP contribution is -2.25. The van der Waals surface area contributed by atoms with Crippen LogP contribution in [0.2, 0.25) is 5.02 Å². The highest BCUT2D eigenvalue weighted by Gasteiger charge is 2.13. The highest BCUT2D eigenvalue weighted by Crippen LogP contribution is 2.32. The molecule has 0 fully saturated rings. The highest BCUT2D eigenvalue weighted by molar-refractivity contribution is 7.98. The fourth-order valence-electron chi connectivity index (χ4n) is 1.73. The smallest absolute Gasteiger partial charge is 0.421 e. The summed E-state index contributed by atoms with van der Waals surface area (Å²) in [6.07, 6.45) is 0.416. The van der Waals surface area contributed by atoms with Crippen molar-refractivity contribution in [2.75, 3.05) is 11.8 Å². The van der Waals surface area contributed by atoms with Crippen LogP contribution in [0.3, 0.4) is 0 Å². The van der Waals surface area contributed by atoms with Gasteiger partial charge in [-0.3, -0.25) is 10.1 Å². The van der Waals surface area contributed by atoms with Crippen molar-refractivity contribution in [3.63, 3.8) is 0 Å². The summed E-state index contributed by atoms with van der Waals surface area (Å²) in [6.45, 7) is 3.53. The van der Waals surface area contributed by atoms with E-state index in [9.17, 15) is 14.9 Å². The third-order valence-electron chi connectivity index (χ3n) is 2.97. The molecule has 0 unspecified atom stereocenters. The van der Waals surface area contributed by atoms with Crippen LogP contribution < -0.4 is 9.46 Å². The molecule has 9 nitrogen and oxygen atoms in total. The summed E-state index contributed by atoms with van der Waals surface area (Å²) >= 11 is 7.23. The minimum absolute atomic E-state index is 0.134. The zero-order valence-electron chi connectivity index (χ0n) is 14.7. The molecule has 27 heavy (non-hydrogen) atoms. The van der Waals surface area contributed by atoms with Crippen molar-refractivity contribution < 1.29 is 19.2 Å². The van der Waals surface area contributed by atoms with Gasteiger partial charge in [0.2, 0.25) is 5.88 Å². The molecule has 144 valence electrons. The van der Waals surface area contributed by atoms with E-state index in [2.05, 4.69) is 9.71 Å². The number of hydrogen-bond acceptors (Lipinski definition) is 8. The molecule has 0 radical (unpaired) electrons. The van der Waals surface area contributed by atoms with Crippen molar-refractivity contribution in [2.24, 2.45) is 0 Å². The molecule has 0 aliphatic rings. The number of carbonyl (C=O) groups is 1. The molecule has 1 heterocycles. The second-order valence-electron chi connectivity index (χ2n) is 5.48. The lowest BCUT2D eigenvalue weighted by Gasteiger charge is -2.18. The fraction of sp³-hybridized carbons (Fsp3) is 0.250. The van der Waals surface area contributed by atoms with Crippen LogP contribution in [0.5, 0.6) is 11.6 Å².